The van der Waals surface area contributed by atoms with Crippen LogP contribution in [0, 0.1) is 0 Å². The van der Waals surface area contributed by atoms with Crippen LogP contribution in [0.4, 0.5) is 4.79 Å². The maximum absolute atomic E-state index is 12.7. The van der Waals surface area contributed by atoms with Crippen LogP contribution < -0.4 is 0 Å². The Labute approximate surface area is 158 Å². The molecule has 27 heavy (non-hydrogen) atoms. The first-order valence-electron chi connectivity index (χ1n) is 8.15. The van der Waals surface area contributed by atoms with Gasteiger partial charge in [-0.05, 0) is 23.9 Å². The number of imide groups is 2. The van der Waals surface area contributed by atoms with Gasteiger partial charge < -0.3 is 4.52 Å². The third kappa shape index (κ3) is 3.02. The van der Waals surface area contributed by atoms with Gasteiger partial charge in [0.05, 0.1) is 6.04 Å². The summed E-state index contributed by atoms with van der Waals surface area (Å²) in [4.78, 5) is 43.4. The van der Waals surface area contributed by atoms with Crippen molar-refractivity contribution in [2.24, 2.45) is 0 Å². The van der Waals surface area contributed by atoms with Gasteiger partial charge in [-0.25, -0.2) is 14.6 Å². The number of hydrogen-bond donors (Lipinski definition) is 0. The molecule has 0 aliphatic carbocycles. The summed E-state index contributed by atoms with van der Waals surface area (Å²) in [6.07, 6.45) is 0. The second kappa shape index (κ2) is 6.76. The molecule has 2 aromatic heterocycles. The number of amides is 4. The van der Waals surface area contributed by atoms with Crippen LogP contribution >= 0.6 is 11.3 Å². The maximum Gasteiger partial charge on any atom is 0.335 e. The van der Waals surface area contributed by atoms with Crippen LogP contribution in [0.3, 0.4) is 0 Å². The van der Waals surface area contributed by atoms with E-state index < -0.39 is 23.9 Å². The third-order valence-electron chi connectivity index (χ3n) is 4.29. The van der Waals surface area contributed by atoms with Crippen LogP contribution in [0.2, 0.25) is 0 Å². The number of urea groups is 1. The largest absolute Gasteiger partial charge is 0.337 e. The lowest BCUT2D eigenvalue weighted by atomic mass is 10.1. The Morgan fingerprint density at radius 2 is 1.89 bits per heavy atom. The highest BCUT2D eigenvalue weighted by Gasteiger charge is 2.47. The number of carbonyl (C=O) groups is 3. The van der Waals surface area contributed by atoms with Gasteiger partial charge in [-0.1, -0.05) is 35.5 Å². The first-order valence-corrected chi connectivity index (χ1v) is 9.09. The molecule has 4 amide bonds. The van der Waals surface area contributed by atoms with E-state index in [1.54, 1.807) is 31.2 Å². The molecule has 9 heteroatoms. The van der Waals surface area contributed by atoms with Crippen molar-refractivity contribution in [2.75, 3.05) is 0 Å². The van der Waals surface area contributed by atoms with Crippen LogP contribution in [0.1, 0.15) is 24.4 Å². The molecular formula is C18H14N4O4S. The van der Waals surface area contributed by atoms with E-state index in [0.29, 0.717) is 5.82 Å². The van der Waals surface area contributed by atoms with Crippen LogP contribution in [0.5, 0.6) is 0 Å². The molecule has 0 bridgehead atoms. The van der Waals surface area contributed by atoms with Gasteiger partial charge in [-0.3, -0.25) is 9.59 Å². The first kappa shape index (κ1) is 17.1. The summed E-state index contributed by atoms with van der Waals surface area (Å²) in [5.41, 5.74) is 1.54. The molecule has 3 heterocycles. The topological polar surface area (TPSA) is 96.6 Å². The predicted molar refractivity (Wildman–Crippen MR) is 95.3 cm³/mol. The fourth-order valence-electron chi connectivity index (χ4n) is 2.85. The smallest absolute Gasteiger partial charge is 0.335 e. The van der Waals surface area contributed by atoms with E-state index in [0.717, 1.165) is 20.9 Å². The van der Waals surface area contributed by atoms with Crippen LogP contribution in [0.15, 0.2) is 51.7 Å². The van der Waals surface area contributed by atoms with Crippen molar-refractivity contribution < 1.29 is 18.9 Å². The third-order valence-corrected chi connectivity index (χ3v) is 4.98. The molecule has 0 N–H and O–H groups in total. The average molecular weight is 382 g/mol. The predicted octanol–water partition coefficient (Wildman–Crippen LogP) is 2.85. The zero-order valence-corrected chi connectivity index (χ0v) is 15.0. The molecular weight excluding hydrogens is 368 g/mol. The lowest BCUT2D eigenvalue weighted by molar-refractivity contribution is -0.144. The van der Waals surface area contributed by atoms with Crippen molar-refractivity contribution in [1.29, 1.82) is 0 Å². The highest BCUT2D eigenvalue weighted by Crippen LogP contribution is 2.27. The molecule has 136 valence electrons. The van der Waals surface area contributed by atoms with Gasteiger partial charge in [-0.2, -0.15) is 16.3 Å². The van der Waals surface area contributed by atoms with Crippen LogP contribution in [-0.4, -0.2) is 37.8 Å². The molecule has 0 saturated carbocycles. The second-order valence-electron chi connectivity index (χ2n) is 5.96. The summed E-state index contributed by atoms with van der Waals surface area (Å²) in [6.45, 7) is 1.45. The van der Waals surface area contributed by atoms with Crippen molar-refractivity contribution in [3.63, 3.8) is 0 Å². The zero-order chi connectivity index (χ0) is 19.0. The second-order valence-corrected chi connectivity index (χ2v) is 6.74. The summed E-state index contributed by atoms with van der Waals surface area (Å²) >= 11 is 1.49. The van der Waals surface area contributed by atoms with E-state index in [9.17, 15) is 14.4 Å². The molecule has 1 aliphatic heterocycles. The van der Waals surface area contributed by atoms with Crippen LogP contribution in [-0.2, 0) is 16.1 Å². The van der Waals surface area contributed by atoms with Crippen molar-refractivity contribution in [3.8, 4) is 11.4 Å². The highest BCUT2D eigenvalue weighted by molar-refractivity contribution is 7.08. The fraction of sp³-hybridized carbons (Fsp3) is 0.167. The Bertz CT molecular complexity index is 1000. The van der Waals surface area contributed by atoms with Crippen LogP contribution in [0.25, 0.3) is 11.4 Å². The minimum absolute atomic E-state index is 0.0833. The maximum atomic E-state index is 12.7. The Balaban J connectivity index is 1.55. The Morgan fingerprint density at radius 3 is 2.59 bits per heavy atom. The number of nitrogens with zero attached hydrogens (tertiary/aromatic N) is 4. The van der Waals surface area contributed by atoms with E-state index in [1.165, 1.54) is 11.3 Å². The molecule has 1 unspecified atom stereocenters. The molecule has 3 aromatic rings. The average Bonchev–Trinajstić information content (AvgIpc) is 3.40. The number of rotatable bonds is 5. The minimum Gasteiger partial charge on any atom is -0.337 e. The van der Waals surface area contributed by atoms with E-state index in [1.807, 2.05) is 22.9 Å². The lowest BCUT2D eigenvalue weighted by Crippen LogP contribution is -2.35. The molecule has 1 aliphatic rings. The highest BCUT2D eigenvalue weighted by atomic mass is 32.1. The van der Waals surface area contributed by atoms with Gasteiger partial charge in [0.25, 0.3) is 0 Å². The number of aromatic nitrogens is 2. The van der Waals surface area contributed by atoms with E-state index in [4.69, 9.17) is 4.52 Å². The van der Waals surface area contributed by atoms with Gasteiger partial charge in [-0.15, -0.1) is 0 Å². The van der Waals surface area contributed by atoms with Crippen molar-refractivity contribution in [1.82, 2.24) is 19.9 Å². The van der Waals surface area contributed by atoms with Crippen molar-refractivity contribution >= 4 is 29.2 Å². The standard InChI is InChI=1S/C18H14N4O4S/c1-11(12-5-3-2-4-6-12)22-17(24)16(23)21(18(22)25)9-14-19-15(20-26-14)13-7-8-27-10-13/h2-8,10-11H,9H2,1H3. The molecule has 0 radical (unpaired) electrons. The SMILES string of the molecule is CC(c1ccccc1)N1C(=O)C(=O)N(Cc2nc(-c3ccsc3)no2)C1=O. The molecule has 1 aromatic carbocycles. The van der Waals surface area contributed by atoms with Crippen molar-refractivity contribution in [3.05, 3.63) is 58.6 Å². The van der Waals surface area contributed by atoms with Gasteiger partial charge >= 0.3 is 17.8 Å². The molecule has 1 fully saturated rings. The molecule has 0 spiro atoms. The fourth-order valence-corrected chi connectivity index (χ4v) is 3.48. The monoisotopic (exact) mass is 382 g/mol. The lowest BCUT2D eigenvalue weighted by Gasteiger charge is -2.21. The van der Waals surface area contributed by atoms with E-state index in [2.05, 4.69) is 10.1 Å². The Morgan fingerprint density at radius 1 is 1.11 bits per heavy atom. The Kier molecular flexibility index (Phi) is 4.28. The molecule has 4 rings (SSSR count). The zero-order valence-electron chi connectivity index (χ0n) is 14.2. The Hall–Kier alpha value is -3.33. The molecule has 1 atom stereocenters. The number of benzene rings is 1. The first-order chi connectivity index (χ1) is 13.1. The quantitative estimate of drug-likeness (QED) is 0.497. The molecule has 1 saturated heterocycles. The van der Waals surface area contributed by atoms with E-state index >= 15 is 0 Å². The summed E-state index contributed by atoms with van der Waals surface area (Å²) in [5, 5.41) is 7.57. The van der Waals surface area contributed by atoms with Gasteiger partial charge in [0, 0.05) is 10.9 Å². The van der Waals surface area contributed by atoms with Crippen molar-refractivity contribution in [2.45, 2.75) is 19.5 Å². The number of hydrogen-bond acceptors (Lipinski definition) is 7. The summed E-state index contributed by atoms with van der Waals surface area (Å²) in [6, 6.07) is 9.61. The van der Waals surface area contributed by atoms with Gasteiger partial charge in [0.1, 0.15) is 6.54 Å². The summed E-state index contributed by atoms with van der Waals surface area (Å²) in [5.74, 6) is -1.32. The van der Waals surface area contributed by atoms with Gasteiger partial charge in [0.15, 0.2) is 0 Å². The summed E-state index contributed by atoms with van der Waals surface area (Å²) < 4.78 is 5.13. The normalized spacial score (nSPS) is 15.7. The number of thiophene rings is 1. The molecule has 8 nitrogen and oxygen atoms in total. The summed E-state index contributed by atoms with van der Waals surface area (Å²) in [7, 11) is 0. The number of carbonyl (C=O) groups excluding carboxylic acids is 3. The van der Waals surface area contributed by atoms with E-state index in [-0.39, 0.29) is 12.4 Å². The minimum atomic E-state index is -0.905. The van der Waals surface area contributed by atoms with Gasteiger partial charge in [0.2, 0.25) is 11.7 Å².